The smallest absolute Gasteiger partial charge is 0.167 e. The molecule has 2 bridgehead atoms. The van der Waals surface area contributed by atoms with Crippen molar-refractivity contribution in [2.75, 3.05) is 7.11 Å². The zero-order valence-electron chi connectivity index (χ0n) is 7.30. The second kappa shape index (κ2) is 2.30. The number of rotatable bonds is 1. The highest BCUT2D eigenvalue weighted by molar-refractivity contribution is 5.90. The predicted octanol–water partition coefficient (Wildman–Crippen LogP) is 0.649. The lowest BCUT2D eigenvalue weighted by atomic mass is 9.64. The summed E-state index contributed by atoms with van der Waals surface area (Å²) in [6.45, 7) is 0. The van der Waals surface area contributed by atoms with E-state index in [1.807, 2.05) is 0 Å². The van der Waals surface area contributed by atoms with Gasteiger partial charge in [-0.1, -0.05) is 0 Å². The summed E-state index contributed by atoms with van der Waals surface area (Å²) >= 11 is 0. The van der Waals surface area contributed by atoms with E-state index in [2.05, 4.69) is 0 Å². The van der Waals surface area contributed by atoms with Crippen molar-refractivity contribution in [1.82, 2.24) is 0 Å². The first kappa shape index (κ1) is 8.20. The normalized spacial score (nSPS) is 46.7. The molecule has 0 aromatic heterocycles. The number of hydrogen-bond donors (Lipinski definition) is 1. The van der Waals surface area contributed by atoms with E-state index in [-0.39, 0.29) is 5.78 Å². The number of hydrogen-bond acceptors (Lipinski definition) is 3. The molecule has 68 valence electrons. The number of carbonyl (C=O) groups excluding carboxylic acids is 1. The standard InChI is InChI=1S/C9H14O3/c1-12-9-4-2-8(11,3-5-9)6-7(9)10/h11H,2-6H2,1H3. The number of ketones is 1. The number of methoxy groups -OCH3 is 1. The average Bonchev–Trinajstić information content (AvgIpc) is 2.05. The maximum atomic E-state index is 11.5. The summed E-state index contributed by atoms with van der Waals surface area (Å²) in [6.07, 6.45) is 3.11. The molecule has 3 nitrogen and oxygen atoms in total. The Morgan fingerprint density at radius 3 is 2.33 bits per heavy atom. The number of carbonyl (C=O) groups is 1. The lowest BCUT2D eigenvalue weighted by molar-refractivity contribution is -0.175. The van der Waals surface area contributed by atoms with Crippen LogP contribution in [0.3, 0.4) is 0 Å². The summed E-state index contributed by atoms with van der Waals surface area (Å²) in [5, 5.41) is 9.82. The van der Waals surface area contributed by atoms with Gasteiger partial charge in [0.25, 0.3) is 0 Å². The van der Waals surface area contributed by atoms with E-state index < -0.39 is 11.2 Å². The molecule has 0 aromatic rings. The van der Waals surface area contributed by atoms with Crippen LogP contribution >= 0.6 is 0 Å². The molecule has 3 aliphatic rings. The van der Waals surface area contributed by atoms with Crippen LogP contribution in [0, 0.1) is 0 Å². The van der Waals surface area contributed by atoms with Gasteiger partial charge in [0.1, 0.15) is 5.60 Å². The molecule has 0 unspecified atom stereocenters. The predicted molar refractivity (Wildman–Crippen MR) is 42.8 cm³/mol. The maximum Gasteiger partial charge on any atom is 0.167 e. The molecular weight excluding hydrogens is 156 g/mol. The van der Waals surface area contributed by atoms with Gasteiger partial charge in [-0.05, 0) is 25.7 Å². The highest BCUT2D eigenvalue weighted by atomic mass is 16.5. The summed E-state index contributed by atoms with van der Waals surface area (Å²) in [7, 11) is 1.59. The van der Waals surface area contributed by atoms with Crippen LogP contribution in [0.1, 0.15) is 32.1 Å². The van der Waals surface area contributed by atoms with Gasteiger partial charge in [-0.2, -0.15) is 0 Å². The fourth-order valence-electron chi connectivity index (χ4n) is 2.35. The molecule has 1 N–H and O–H groups in total. The summed E-state index contributed by atoms with van der Waals surface area (Å²) < 4.78 is 5.26. The molecule has 3 fully saturated rings. The van der Waals surface area contributed by atoms with Crippen molar-refractivity contribution in [1.29, 1.82) is 0 Å². The van der Waals surface area contributed by atoms with Gasteiger partial charge < -0.3 is 9.84 Å². The molecule has 0 spiro atoms. The van der Waals surface area contributed by atoms with E-state index >= 15 is 0 Å². The average molecular weight is 170 g/mol. The van der Waals surface area contributed by atoms with Crippen molar-refractivity contribution in [3.63, 3.8) is 0 Å². The minimum absolute atomic E-state index is 0.0880. The monoisotopic (exact) mass is 170 g/mol. The van der Waals surface area contributed by atoms with Crippen molar-refractivity contribution in [3.8, 4) is 0 Å². The van der Waals surface area contributed by atoms with Crippen LogP contribution in [0.25, 0.3) is 0 Å². The van der Waals surface area contributed by atoms with Crippen LogP contribution in [-0.4, -0.2) is 29.2 Å². The van der Waals surface area contributed by atoms with Gasteiger partial charge in [0, 0.05) is 13.5 Å². The van der Waals surface area contributed by atoms with Crippen LogP contribution in [0.5, 0.6) is 0 Å². The highest BCUT2D eigenvalue weighted by Gasteiger charge is 2.53. The van der Waals surface area contributed by atoms with Gasteiger partial charge in [0.15, 0.2) is 5.78 Å². The van der Waals surface area contributed by atoms with Crippen molar-refractivity contribution in [3.05, 3.63) is 0 Å². The second-order valence-electron chi connectivity index (χ2n) is 4.02. The third kappa shape index (κ3) is 0.930. The molecule has 0 amide bonds. The van der Waals surface area contributed by atoms with E-state index in [0.29, 0.717) is 32.1 Å². The van der Waals surface area contributed by atoms with Crippen molar-refractivity contribution >= 4 is 5.78 Å². The van der Waals surface area contributed by atoms with Crippen LogP contribution in [0.15, 0.2) is 0 Å². The van der Waals surface area contributed by atoms with Crippen molar-refractivity contribution in [2.24, 2.45) is 0 Å². The van der Waals surface area contributed by atoms with Crippen LogP contribution in [0.2, 0.25) is 0 Å². The van der Waals surface area contributed by atoms with Gasteiger partial charge in [-0.15, -0.1) is 0 Å². The fraction of sp³-hybridized carbons (Fsp3) is 0.889. The molecule has 3 aliphatic carbocycles. The molecule has 12 heavy (non-hydrogen) atoms. The Hall–Kier alpha value is -0.410. The van der Waals surface area contributed by atoms with Crippen LogP contribution < -0.4 is 0 Å². The van der Waals surface area contributed by atoms with Crippen molar-refractivity contribution in [2.45, 2.75) is 43.3 Å². The Labute approximate surface area is 71.7 Å². The summed E-state index contributed by atoms with van der Waals surface area (Å²) in [6, 6.07) is 0. The van der Waals surface area contributed by atoms with E-state index in [1.54, 1.807) is 7.11 Å². The molecular formula is C9H14O3. The van der Waals surface area contributed by atoms with Crippen LogP contribution in [-0.2, 0) is 9.53 Å². The first-order valence-electron chi connectivity index (χ1n) is 4.41. The van der Waals surface area contributed by atoms with E-state index in [0.717, 1.165) is 0 Å². The van der Waals surface area contributed by atoms with Crippen molar-refractivity contribution < 1.29 is 14.6 Å². The molecule has 3 rings (SSSR count). The molecule has 0 aliphatic heterocycles. The largest absolute Gasteiger partial charge is 0.389 e. The Balaban J connectivity index is 2.26. The lowest BCUT2D eigenvalue weighted by Crippen LogP contribution is -2.57. The highest BCUT2D eigenvalue weighted by Crippen LogP contribution is 2.46. The third-order valence-corrected chi connectivity index (χ3v) is 3.38. The maximum absolute atomic E-state index is 11.5. The Kier molecular flexibility index (Phi) is 1.57. The molecule has 0 atom stereocenters. The minimum Gasteiger partial charge on any atom is -0.389 e. The quantitative estimate of drug-likeness (QED) is 0.628. The topological polar surface area (TPSA) is 46.5 Å². The molecule has 3 heteroatoms. The second-order valence-corrected chi connectivity index (χ2v) is 4.02. The molecule has 0 heterocycles. The number of fused-ring (bicyclic) bond motifs is 3. The number of ether oxygens (including phenoxy) is 1. The first-order valence-corrected chi connectivity index (χ1v) is 4.41. The third-order valence-electron chi connectivity index (χ3n) is 3.38. The molecule has 3 saturated carbocycles. The van der Waals surface area contributed by atoms with E-state index in [9.17, 15) is 9.90 Å². The van der Waals surface area contributed by atoms with Gasteiger partial charge >= 0.3 is 0 Å². The summed E-state index contributed by atoms with van der Waals surface area (Å²) in [5.74, 6) is 0.0880. The van der Waals surface area contributed by atoms with Gasteiger partial charge in [0.2, 0.25) is 0 Å². The number of aliphatic hydroxyl groups is 1. The summed E-state index contributed by atoms with van der Waals surface area (Å²) in [5.41, 5.74) is -1.23. The molecule has 0 radical (unpaired) electrons. The van der Waals surface area contributed by atoms with Gasteiger partial charge in [0.05, 0.1) is 5.60 Å². The SMILES string of the molecule is COC12CCC(O)(CC1)CC2=O. The van der Waals surface area contributed by atoms with E-state index in [1.165, 1.54) is 0 Å². The minimum atomic E-state index is -0.697. The fourth-order valence-corrected chi connectivity index (χ4v) is 2.35. The summed E-state index contributed by atoms with van der Waals surface area (Å²) in [4.78, 5) is 11.5. The van der Waals surface area contributed by atoms with Gasteiger partial charge in [-0.3, -0.25) is 4.79 Å². The molecule has 0 aromatic carbocycles. The Bertz CT molecular complexity index is 214. The lowest BCUT2D eigenvalue weighted by Gasteiger charge is -2.48. The zero-order valence-corrected chi connectivity index (χ0v) is 7.30. The van der Waals surface area contributed by atoms with Crippen LogP contribution in [0.4, 0.5) is 0 Å². The van der Waals surface area contributed by atoms with E-state index in [4.69, 9.17) is 4.74 Å². The first-order chi connectivity index (χ1) is 5.60. The number of Topliss-reactive ketones (excluding diaryl/α,β-unsaturated/α-hetero) is 1. The Morgan fingerprint density at radius 2 is 1.92 bits per heavy atom. The zero-order chi connectivity index (χ0) is 8.82. The molecule has 0 saturated heterocycles. The Morgan fingerprint density at radius 1 is 1.33 bits per heavy atom. The van der Waals surface area contributed by atoms with Gasteiger partial charge in [-0.25, -0.2) is 0 Å².